The summed E-state index contributed by atoms with van der Waals surface area (Å²) in [5, 5.41) is 0. The summed E-state index contributed by atoms with van der Waals surface area (Å²) in [7, 11) is 1.76. The predicted octanol–water partition coefficient (Wildman–Crippen LogP) is 1.49. The van der Waals surface area contributed by atoms with Crippen LogP contribution in [0.15, 0.2) is 0 Å². The zero-order valence-electron chi connectivity index (χ0n) is 12.2. The minimum atomic E-state index is 0.471. The van der Waals surface area contributed by atoms with E-state index in [0.717, 1.165) is 52.2 Å². The molecule has 0 aromatic heterocycles. The molecule has 1 saturated heterocycles. The summed E-state index contributed by atoms with van der Waals surface area (Å²) in [5.41, 5.74) is 6.05. The van der Waals surface area contributed by atoms with Crippen LogP contribution < -0.4 is 5.73 Å². The van der Waals surface area contributed by atoms with Gasteiger partial charge in [-0.1, -0.05) is 6.92 Å². The fourth-order valence-corrected chi connectivity index (χ4v) is 2.84. The van der Waals surface area contributed by atoms with E-state index in [9.17, 15) is 0 Å². The van der Waals surface area contributed by atoms with Gasteiger partial charge < -0.3 is 15.2 Å². The molecule has 0 aromatic rings. The van der Waals surface area contributed by atoms with Crippen molar-refractivity contribution in [3.63, 3.8) is 0 Å². The first kappa shape index (κ1) is 15.9. The van der Waals surface area contributed by atoms with Crippen molar-refractivity contribution < 1.29 is 9.47 Å². The monoisotopic (exact) mass is 258 g/mol. The van der Waals surface area contributed by atoms with Crippen molar-refractivity contribution in [3.05, 3.63) is 0 Å². The van der Waals surface area contributed by atoms with E-state index in [-0.39, 0.29) is 0 Å². The molecule has 108 valence electrons. The Kier molecular flexibility index (Phi) is 7.82. The largest absolute Gasteiger partial charge is 0.383 e. The number of hydrogen-bond acceptors (Lipinski definition) is 4. The van der Waals surface area contributed by atoms with E-state index in [2.05, 4.69) is 18.7 Å². The van der Waals surface area contributed by atoms with Crippen molar-refractivity contribution in [2.24, 2.45) is 11.7 Å². The molecule has 1 aliphatic heterocycles. The molecule has 2 unspecified atom stereocenters. The van der Waals surface area contributed by atoms with Crippen LogP contribution >= 0.6 is 0 Å². The molecule has 0 saturated carbocycles. The van der Waals surface area contributed by atoms with Gasteiger partial charge >= 0.3 is 0 Å². The molecule has 1 aliphatic rings. The van der Waals surface area contributed by atoms with Crippen LogP contribution in [0.3, 0.4) is 0 Å². The summed E-state index contributed by atoms with van der Waals surface area (Å²) in [6, 6.07) is 1.04. The third-order valence-corrected chi connectivity index (χ3v) is 4.19. The van der Waals surface area contributed by atoms with Crippen LogP contribution in [-0.2, 0) is 9.47 Å². The first-order valence-corrected chi connectivity index (χ1v) is 7.27. The highest BCUT2D eigenvalue weighted by molar-refractivity contribution is 4.84. The maximum absolute atomic E-state index is 6.05. The Hall–Kier alpha value is -0.160. The summed E-state index contributed by atoms with van der Waals surface area (Å²) in [4.78, 5) is 2.54. The van der Waals surface area contributed by atoms with Gasteiger partial charge in [-0.05, 0) is 32.1 Å². The minimum Gasteiger partial charge on any atom is -0.383 e. The van der Waals surface area contributed by atoms with Crippen molar-refractivity contribution >= 4 is 0 Å². The molecular formula is C14H30N2O2. The van der Waals surface area contributed by atoms with Gasteiger partial charge in [-0.3, -0.25) is 4.90 Å². The van der Waals surface area contributed by atoms with Gasteiger partial charge in [0.2, 0.25) is 0 Å². The Bertz CT molecular complexity index is 208. The van der Waals surface area contributed by atoms with Crippen molar-refractivity contribution in [1.29, 1.82) is 0 Å². The van der Waals surface area contributed by atoms with Gasteiger partial charge in [0.1, 0.15) is 0 Å². The van der Waals surface area contributed by atoms with E-state index in [1.165, 1.54) is 0 Å². The molecule has 2 atom stereocenters. The highest BCUT2D eigenvalue weighted by Crippen LogP contribution is 2.24. The molecule has 4 nitrogen and oxygen atoms in total. The molecule has 0 spiro atoms. The highest BCUT2D eigenvalue weighted by atomic mass is 16.5. The lowest BCUT2D eigenvalue weighted by atomic mass is 9.89. The first-order valence-electron chi connectivity index (χ1n) is 7.27. The predicted molar refractivity (Wildman–Crippen MR) is 74.7 cm³/mol. The molecule has 2 N–H and O–H groups in total. The van der Waals surface area contributed by atoms with E-state index < -0.39 is 0 Å². The van der Waals surface area contributed by atoms with Crippen molar-refractivity contribution in [3.8, 4) is 0 Å². The second kappa shape index (κ2) is 8.86. The summed E-state index contributed by atoms with van der Waals surface area (Å²) >= 11 is 0. The molecule has 18 heavy (non-hydrogen) atoms. The van der Waals surface area contributed by atoms with Crippen LogP contribution in [-0.4, -0.2) is 57.0 Å². The maximum Gasteiger partial charge on any atom is 0.0589 e. The topological polar surface area (TPSA) is 47.7 Å². The maximum atomic E-state index is 6.05. The lowest BCUT2D eigenvalue weighted by Gasteiger charge is -2.41. The average molecular weight is 258 g/mol. The first-order chi connectivity index (χ1) is 8.74. The van der Waals surface area contributed by atoms with Crippen LogP contribution in [0.1, 0.15) is 33.1 Å². The number of rotatable bonds is 8. The number of ether oxygens (including phenoxy) is 2. The average Bonchev–Trinajstić information content (AvgIpc) is 2.43. The zero-order chi connectivity index (χ0) is 13.4. The standard InChI is InChI=1S/C14H30N2O2/c1-4-12(2)16(7-10-17-3)14(11-15)13-5-8-18-9-6-13/h12-14H,4-11,15H2,1-3H3. The lowest BCUT2D eigenvalue weighted by Crippen LogP contribution is -2.51. The smallest absolute Gasteiger partial charge is 0.0589 e. The van der Waals surface area contributed by atoms with Gasteiger partial charge in [0, 0.05) is 45.5 Å². The molecule has 0 aromatic carbocycles. The second-order valence-corrected chi connectivity index (χ2v) is 5.24. The molecule has 1 fully saturated rings. The van der Waals surface area contributed by atoms with E-state index in [4.69, 9.17) is 15.2 Å². The molecule has 0 radical (unpaired) electrons. The Morgan fingerprint density at radius 2 is 2.06 bits per heavy atom. The van der Waals surface area contributed by atoms with E-state index in [0.29, 0.717) is 18.0 Å². The van der Waals surface area contributed by atoms with Crippen LogP contribution in [0.2, 0.25) is 0 Å². The lowest BCUT2D eigenvalue weighted by molar-refractivity contribution is 0.00758. The fourth-order valence-electron chi connectivity index (χ4n) is 2.84. The van der Waals surface area contributed by atoms with Crippen molar-refractivity contribution in [2.45, 2.75) is 45.2 Å². The Morgan fingerprint density at radius 3 is 2.56 bits per heavy atom. The van der Waals surface area contributed by atoms with Crippen molar-refractivity contribution in [1.82, 2.24) is 4.90 Å². The summed E-state index contributed by atoms with van der Waals surface area (Å²) in [5.74, 6) is 0.676. The summed E-state index contributed by atoms with van der Waals surface area (Å²) in [6.07, 6.45) is 3.44. The third kappa shape index (κ3) is 4.50. The highest BCUT2D eigenvalue weighted by Gasteiger charge is 2.29. The van der Waals surface area contributed by atoms with Gasteiger partial charge in [0.25, 0.3) is 0 Å². The third-order valence-electron chi connectivity index (χ3n) is 4.19. The molecule has 0 aliphatic carbocycles. The quantitative estimate of drug-likeness (QED) is 0.716. The number of nitrogens with zero attached hydrogens (tertiary/aromatic N) is 1. The molecule has 4 heteroatoms. The Morgan fingerprint density at radius 1 is 1.39 bits per heavy atom. The summed E-state index contributed by atoms with van der Waals surface area (Å²) < 4.78 is 10.7. The zero-order valence-corrected chi connectivity index (χ0v) is 12.2. The van der Waals surface area contributed by atoms with Gasteiger partial charge in [-0.25, -0.2) is 0 Å². The fraction of sp³-hybridized carbons (Fsp3) is 1.00. The van der Waals surface area contributed by atoms with E-state index in [1.54, 1.807) is 7.11 Å². The van der Waals surface area contributed by atoms with Crippen LogP contribution in [0.25, 0.3) is 0 Å². The molecule has 0 amide bonds. The van der Waals surface area contributed by atoms with E-state index in [1.807, 2.05) is 0 Å². The normalized spacial score (nSPS) is 21.2. The number of hydrogen-bond donors (Lipinski definition) is 1. The molecule has 1 heterocycles. The Balaban J connectivity index is 2.64. The van der Waals surface area contributed by atoms with Gasteiger partial charge in [-0.15, -0.1) is 0 Å². The van der Waals surface area contributed by atoms with E-state index >= 15 is 0 Å². The van der Waals surface area contributed by atoms with Crippen LogP contribution in [0, 0.1) is 5.92 Å². The summed E-state index contributed by atoms with van der Waals surface area (Å²) in [6.45, 7) is 8.80. The van der Waals surface area contributed by atoms with Gasteiger partial charge in [-0.2, -0.15) is 0 Å². The minimum absolute atomic E-state index is 0.471. The van der Waals surface area contributed by atoms with Crippen LogP contribution in [0.4, 0.5) is 0 Å². The molecule has 1 rings (SSSR count). The molecule has 0 bridgehead atoms. The SMILES string of the molecule is CCC(C)N(CCOC)C(CN)C1CCOCC1. The molecular weight excluding hydrogens is 228 g/mol. The number of methoxy groups -OCH3 is 1. The van der Waals surface area contributed by atoms with Gasteiger partial charge in [0.15, 0.2) is 0 Å². The Labute approximate surface area is 112 Å². The number of nitrogens with two attached hydrogens (primary N) is 1. The van der Waals surface area contributed by atoms with Crippen molar-refractivity contribution in [2.75, 3.05) is 40.0 Å². The van der Waals surface area contributed by atoms with Gasteiger partial charge in [0.05, 0.1) is 6.61 Å². The van der Waals surface area contributed by atoms with Crippen LogP contribution in [0.5, 0.6) is 0 Å². The second-order valence-electron chi connectivity index (χ2n) is 5.24.